The molecule has 0 spiro atoms. The maximum atomic E-state index is 13.0. The zero-order valence-corrected chi connectivity index (χ0v) is 16.9. The summed E-state index contributed by atoms with van der Waals surface area (Å²) < 4.78 is 40.6. The van der Waals surface area contributed by atoms with Crippen LogP contribution < -0.4 is 5.32 Å². The fourth-order valence-corrected chi connectivity index (χ4v) is 4.96. The van der Waals surface area contributed by atoms with Gasteiger partial charge in [0, 0.05) is 36.3 Å². The third kappa shape index (κ3) is 4.40. The van der Waals surface area contributed by atoms with Gasteiger partial charge in [0.25, 0.3) is 0 Å². The van der Waals surface area contributed by atoms with Crippen LogP contribution in [0, 0.1) is 5.82 Å². The maximum absolute atomic E-state index is 13.0. The first-order valence-electron chi connectivity index (χ1n) is 7.93. The normalized spacial score (nSPS) is 15.7. The Labute approximate surface area is 166 Å². The van der Waals surface area contributed by atoms with Crippen molar-refractivity contribution in [3.05, 3.63) is 58.8 Å². The Morgan fingerprint density at radius 1 is 1.08 bits per heavy atom. The van der Waals surface area contributed by atoms with E-state index in [1.54, 1.807) is 36.4 Å². The topological polar surface area (TPSA) is 52.7 Å². The quantitative estimate of drug-likeness (QED) is 0.716. The number of halogens is 2. The third-order valence-electron chi connectivity index (χ3n) is 4.06. The monoisotopic (exact) mass is 457 g/mol. The summed E-state index contributed by atoms with van der Waals surface area (Å²) >= 11 is 8.68. The second-order valence-corrected chi connectivity index (χ2v) is 9.03. The second-order valence-electron chi connectivity index (χ2n) is 5.79. The van der Waals surface area contributed by atoms with Crippen LogP contribution in [0.15, 0.2) is 57.9 Å². The van der Waals surface area contributed by atoms with Gasteiger partial charge in [0.15, 0.2) is 5.11 Å². The molecule has 1 heterocycles. The van der Waals surface area contributed by atoms with Crippen molar-refractivity contribution in [3.63, 3.8) is 0 Å². The first-order chi connectivity index (χ1) is 12.4. The van der Waals surface area contributed by atoms with Crippen molar-refractivity contribution in [1.82, 2.24) is 9.21 Å². The van der Waals surface area contributed by atoms with Gasteiger partial charge in [-0.2, -0.15) is 4.31 Å². The van der Waals surface area contributed by atoms with Gasteiger partial charge in [0.1, 0.15) is 5.82 Å². The minimum atomic E-state index is -3.53. The number of rotatable bonds is 3. The van der Waals surface area contributed by atoms with Crippen molar-refractivity contribution in [2.24, 2.45) is 0 Å². The fourth-order valence-electron chi connectivity index (χ4n) is 2.64. The van der Waals surface area contributed by atoms with Gasteiger partial charge in [-0.05, 0) is 54.7 Å². The molecule has 138 valence electrons. The van der Waals surface area contributed by atoms with E-state index in [-0.39, 0.29) is 10.7 Å². The molecule has 1 saturated heterocycles. The average Bonchev–Trinajstić information content (AvgIpc) is 2.64. The summed E-state index contributed by atoms with van der Waals surface area (Å²) in [5.74, 6) is -0.312. The van der Waals surface area contributed by atoms with Crippen LogP contribution >= 0.6 is 28.1 Å². The molecule has 0 aromatic heterocycles. The van der Waals surface area contributed by atoms with Crippen molar-refractivity contribution in [1.29, 1.82) is 0 Å². The Bertz CT molecular complexity index is 898. The Balaban J connectivity index is 1.61. The van der Waals surface area contributed by atoms with Crippen LogP contribution in [0.1, 0.15) is 0 Å². The minimum absolute atomic E-state index is 0.271. The molecular weight excluding hydrogens is 441 g/mol. The van der Waals surface area contributed by atoms with Gasteiger partial charge >= 0.3 is 0 Å². The Morgan fingerprint density at radius 2 is 1.73 bits per heavy atom. The molecule has 1 N–H and O–H groups in total. The van der Waals surface area contributed by atoms with E-state index >= 15 is 0 Å². The van der Waals surface area contributed by atoms with Crippen LogP contribution in [0.2, 0.25) is 0 Å². The highest BCUT2D eigenvalue weighted by Gasteiger charge is 2.29. The predicted molar refractivity (Wildman–Crippen MR) is 107 cm³/mol. The van der Waals surface area contributed by atoms with E-state index in [4.69, 9.17) is 12.2 Å². The van der Waals surface area contributed by atoms with Crippen molar-refractivity contribution in [2.45, 2.75) is 4.90 Å². The number of sulfonamides is 1. The lowest BCUT2D eigenvalue weighted by Crippen LogP contribution is -2.51. The van der Waals surface area contributed by atoms with E-state index < -0.39 is 10.0 Å². The smallest absolute Gasteiger partial charge is 0.243 e. The first-order valence-corrected chi connectivity index (χ1v) is 10.6. The molecule has 0 radical (unpaired) electrons. The molecule has 5 nitrogen and oxygen atoms in total. The van der Waals surface area contributed by atoms with Crippen molar-refractivity contribution in [2.75, 3.05) is 31.5 Å². The lowest BCUT2D eigenvalue weighted by Gasteiger charge is -2.35. The maximum Gasteiger partial charge on any atom is 0.243 e. The van der Waals surface area contributed by atoms with E-state index in [9.17, 15) is 12.8 Å². The molecule has 1 aliphatic heterocycles. The second kappa shape index (κ2) is 7.99. The highest BCUT2D eigenvalue weighted by Crippen LogP contribution is 2.21. The van der Waals surface area contributed by atoms with Crippen LogP contribution in [0.3, 0.4) is 0 Å². The third-order valence-corrected chi connectivity index (χ3v) is 6.80. The summed E-state index contributed by atoms with van der Waals surface area (Å²) in [5, 5.41) is 3.54. The van der Waals surface area contributed by atoms with Crippen molar-refractivity contribution in [3.8, 4) is 0 Å². The van der Waals surface area contributed by atoms with Crippen molar-refractivity contribution >= 4 is 49.0 Å². The summed E-state index contributed by atoms with van der Waals surface area (Å²) in [7, 11) is -3.53. The van der Waals surface area contributed by atoms with Gasteiger partial charge in [-0.25, -0.2) is 12.8 Å². The van der Waals surface area contributed by atoms with Gasteiger partial charge < -0.3 is 10.2 Å². The molecule has 26 heavy (non-hydrogen) atoms. The SMILES string of the molecule is O=S(=O)(c1cccc(Br)c1)N1CCN(C(=S)Nc2ccc(F)cc2)CC1. The summed E-state index contributed by atoms with van der Waals surface area (Å²) in [5.41, 5.74) is 0.695. The average molecular weight is 458 g/mol. The summed E-state index contributed by atoms with van der Waals surface area (Å²) in [6.45, 7) is 1.67. The Morgan fingerprint density at radius 3 is 2.35 bits per heavy atom. The van der Waals surface area contributed by atoms with Crippen LogP contribution in [0.5, 0.6) is 0 Å². The number of hydrogen-bond acceptors (Lipinski definition) is 3. The highest BCUT2D eigenvalue weighted by molar-refractivity contribution is 9.10. The molecule has 9 heteroatoms. The van der Waals surface area contributed by atoms with Gasteiger partial charge in [-0.15, -0.1) is 0 Å². The fraction of sp³-hybridized carbons (Fsp3) is 0.235. The van der Waals surface area contributed by atoms with Crippen molar-refractivity contribution < 1.29 is 12.8 Å². The molecule has 0 aliphatic carbocycles. The largest absolute Gasteiger partial charge is 0.346 e. The summed E-state index contributed by atoms with van der Waals surface area (Å²) in [6.07, 6.45) is 0. The van der Waals surface area contributed by atoms with E-state index in [1.807, 2.05) is 4.90 Å². The Hall–Kier alpha value is -1.55. The molecule has 0 amide bonds. The molecule has 1 fully saturated rings. The number of benzene rings is 2. The predicted octanol–water partition coefficient (Wildman–Crippen LogP) is 3.29. The molecule has 0 saturated carbocycles. The summed E-state index contributed by atoms with van der Waals surface area (Å²) in [6, 6.07) is 12.6. The molecular formula is C17H17BrFN3O2S2. The van der Waals surface area contributed by atoms with Crippen LogP contribution in [-0.4, -0.2) is 48.9 Å². The number of nitrogens with zero attached hydrogens (tertiary/aromatic N) is 2. The molecule has 0 atom stereocenters. The number of hydrogen-bond donors (Lipinski definition) is 1. The van der Waals surface area contributed by atoms with Crippen LogP contribution in [-0.2, 0) is 10.0 Å². The number of thiocarbonyl (C=S) groups is 1. The Kier molecular flexibility index (Phi) is 5.91. The van der Waals surface area contributed by atoms with Gasteiger partial charge in [-0.3, -0.25) is 0 Å². The molecule has 2 aromatic rings. The van der Waals surface area contributed by atoms with Gasteiger partial charge in [-0.1, -0.05) is 22.0 Å². The number of nitrogens with one attached hydrogen (secondary N) is 1. The van der Waals surface area contributed by atoms with E-state index in [2.05, 4.69) is 21.2 Å². The molecule has 2 aromatic carbocycles. The van der Waals surface area contributed by atoms with Crippen LogP contribution in [0.25, 0.3) is 0 Å². The molecule has 1 aliphatic rings. The lowest BCUT2D eigenvalue weighted by atomic mass is 10.3. The van der Waals surface area contributed by atoms with E-state index in [0.29, 0.717) is 37.0 Å². The molecule has 0 bridgehead atoms. The number of piperazine rings is 1. The van der Waals surface area contributed by atoms with E-state index in [0.717, 1.165) is 4.47 Å². The lowest BCUT2D eigenvalue weighted by molar-refractivity contribution is 0.268. The minimum Gasteiger partial charge on any atom is -0.346 e. The zero-order valence-electron chi connectivity index (χ0n) is 13.7. The standard InChI is InChI=1S/C17H17BrFN3O2S2/c18-13-2-1-3-16(12-13)26(23,24)22-10-8-21(9-11-22)17(25)20-15-6-4-14(19)5-7-15/h1-7,12H,8-11H2,(H,20,25). The van der Waals surface area contributed by atoms with Gasteiger partial charge in [0.2, 0.25) is 10.0 Å². The van der Waals surface area contributed by atoms with Crippen LogP contribution in [0.4, 0.5) is 10.1 Å². The summed E-state index contributed by atoms with van der Waals surface area (Å²) in [4.78, 5) is 2.18. The number of anilines is 1. The zero-order chi connectivity index (χ0) is 18.7. The van der Waals surface area contributed by atoms with Gasteiger partial charge in [0.05, 0.1) is 4.90 Å². The highest BCUT2D eigenvalue weighted by atomic mass is 79.9. The van der Waals surface area contributed by atoms with E-state index in [1.165, 1.54) is 16.4 Å². The molecule has 3 rings (SSSR count). The first kappa shape index (κ1) is 19.2. The molecule has 0 unspecified atom stereocenters.